The van der Waals surface area contributed by atoms with Crippen molar-refractivity contribution in [3.63, 3.8) is 0 Å². The molecule has 0 aliphatic carbocycles. The SMILES string of the molecule is COc1cc(/C=C/C(=O)c2cccnc2)ccc1OC(C)C. The van der Waals surface area contributed by atoms with Gasteiger partial charge in [0.15, 0.2) is 17.3 Å². The molecule has 2 aromatic rings. The molecule has 4 heteroatoms. The fourth-order valence-corrected chi connectivity index (χ4v) is 1.92. The molecule has 0 aliphatic heterocycles. The number of ketones is 1. The molecule has 4 nitrogen and oxygen atoms in total. The number of nitrogens with zero attached hydrogens (tertiary/aromatic N) is 1. The summed E-state index contributed by atoms with van der Waals surface area (Å²) in [4.78, 5) is 15.9. The van der Waals surface area contributed by atoms with Crippen molar-refractivity contribution in [1.82, 2.24) is 4.98 Å². The Morgan fingerprint density at radius 2 is 2.05 bits per heavy atom. The van der Waals surface area contributed by atoms with Gasteiger partial charge in [0.05, 0.1) is 13.2 Å². The molecule has 0 saturated carbocycles. The van der Waals surface area contributed by atoms with Gasteiger partial charge < -0.3 is 9.47 Å². The van der Waals surface area contributed by atoms with Crippen LogP contribution in [0.5, 0.6) is 11.5 Å². The second kappa shape index (κ2) is 7.41. The van der Waals surface area contributed by atoms with E-state index in [2.05, 4.69) is 4.98 Å². The molecule has 22 heavy (non-hydrogen) atoms. The van der Waals surface area contributed by atoms with Crippen molar-refractivity contribution in [2.75, 3.05) is 7.11 Å². The van der Waals surface area contributed by atoms with E-state index in [1.54, 1.807) is 37.7 Å². The van der Waals surface area contributed by atoms with Crippen molar-refractivity contribution < 1.29 is 14.3 Å². The molecule has 1 aromatic carbocycles. The van der Waals surface area contributed by atoms with Crippen LogP contribution in [0.4, 0.5) is 0 Å². The van der Waals surface area contributed by atoms with Crippen molar-refractivity contribution in [3.05, 3.63) is 59.9 Å². The van der Waals surface area contributed by atoms with E-state index in [1.165, 1.54) is 6.08 Å². The predicted molar refractivity (Wildman–Crippen MR) is 86.4 cm³/mol. The van der Waals surface area contributed by atoms with Gasteiger partial charge in [-0.2, -0.15) is 0 Å². The Labute approximate surface area is 130 Å². The minimum Gasteiger partial charge on any atom is -0.493 e. The van der Waals surface area contributed by atoms with E-state index in [4.69, 9.17) is 9.47 Å². The largest absolute Gasteiger partial charge is 0.493 e. The molecule has 0 spiro atoms. The Morgan fingerprint density at radius 1 is 1.23 bits per heavy atom. The molecule has 0 amide bonds. The molecule has 0 N–H and O–H groups in total. The first kappa shape index (κ1) is 15.8. The maximum absolute atomic E-state index is 12.0. The quantitative estimate of drug-likeness (QED) is 0.601. The lowest BCUT2D eigenvalue weighted by atomic mass is 10.1. The third-order valence-corrected chi connectivity index (χ3v) is 2.92. The van der Waals surface area contributed by atoms with Gasteiger partial charge in [-0.25, -0.2) is 0 Å². The van der Waals surface area contributed by atoms with Crippen molar-refractivity contribution in [2.24, 2.45) is 0 Å². The lowest BCUT2D eigenvalue weighted by Gasteiger charge is -2.13. The molecule has 1 aromatic heterocycles. The van der Waals surface area contributed by atoms with Crippen LogP contribution in [-0.2, 0) is 0 Å². The highest BCUT2D eigenvalue weighted by Crippen LogP contribution is 2.29. The summed E-state index contributed by atoms with van der Waals surface area (Å²) in [6, 6.07) is 9.03. The van der Waals surface area contributed by atoms with Gasteiger partial charge in [0.25, 0.3) is 0 Å². The number of hydrogen-bond acceptors (Lipinski definition) is 4. The number of ether oxygens (including phenoxy) is 2. The first-order chi connectivity index (χ1) is 10.6. The van der Waals surface area contributed by atoms with Crippen LogP contribution in [-0.4, -0.2) is 24.0 Å². The second-order valence-corrected chi connectivity index (χ2v) is 5.02. The summed E-state index contributed by atoms with van der Waals surface area (Å²) in [5, 5.41) is 0. The van der Waals surface area contributed by atoms with Crippen LogP contribution in [0.15, 0.2) is 48.8 Å². The summed E-state index contributed by atoms with van der Waals surface area (Å²) in [6.45, 7) is 3.92. The van der Waals surface area contributed by atoms with Gasteiger partial charge in [0.1, 0.15) is 0 Å². The van der Waals surface area contributed by atoms with E-state index >= 15 is 0 Å². The van der Waals surface area contributed by atoms with E-state index in [0.29, 0.717) is 17.1 Å². The molecule has 0 radical (unpaired) electrons. The van der Waals surface area contributed by atoms with Crippen LogP contribution in [0.3, 0.4) is 0 Å². The Hall–Kier alpha value is -2.62. The molecule has 0 saturated heterocycles. The van der Waals surface area contributed by atoms with Crippen LogP contribution in [0.2, 0.25) is 0 Å². The van der Waals surface area contributed by atoms with Gasteiger partial charge in [0, 0.05) is 18.0 Å². The Bertz CT molecular complexity index is 663. The fourth-order valence-electron chi connectivity index (χ4n) is 1.92. The number of allylic oxidation sites excluding steroid dienone is 1. The highest BCUT2D eigenvalue weighted by Gasteiger charge is 2.07. The monoisotopic (exact) mass is 297 g/mol. The van der Waals surface area contributed by atoms with Gasteiger partial charge in [0.2, 0.25) is 0 Å². The number of carbonyl (C=O) groups excluding carboxylic acids is 1. The normalized spacial score (nSPS) is 10.9. The molecule has 0 unspecified atom stereocenters. The average molecular weight is 297 g/mol. The number of pyridine rings is 1. The van der Waals surface area contributed by atoms with Crippen molar-refractivity contribution in [1.29, 1.82) is 0 Å². The first-order valence-corrected chi connectivity index (χ1v) is 7.07. The standard InChI is InChI=1S/C18H19NO3/c1-13(2)22-17-9-7-14(11-18(17)21-3)6-8-16(20)15-5-4-10-19-12-15/h4-13H,1-3H3/b8-6+. The predicted octanol–water partition coefficient (Wildman–Crippen LogP) is 3.77. The molecular formula is C18H19NO3. The van der Waals surface area contributed by atoms with Crippen LogP contribution in [0.1, 0.15) is 29.8 Å². The van der Waals surface area contributed by atoms with Crippen molar-refractivity contribution >= 4 is 11.9 Å². The number of carbonyl (C=O) groups is 1. The van der Waals surface area contributed by atoms with E-state index in [0.717, 1.165) is 5.56 Å². The Balaban J connectivity index is 2.16. The van der Waals surface area contributed by atoms with Gasteiger partial charge in [-0.05, 0) is 49.8 Å². The van der Waals surface area contributed by atoms with Crippen molar-refractivity contribution in [3.8, 4) is 11.5 Å². The van der Waals surface area contributed by atoms with Crippen molar-refractivity contribution in [2.45, 2.75) is 20.0 Å². The zero-order valence-electron chi connectivity index (χ0n) is 12.9. The average Bonchev–Trinajstić information content (AvgIpc) is 2.54. The summed E-state index contributed by atoms with van der Waals surface area (Å²) >= 11 is 0. The summed E-state index contributed by atoms with van der Waals surface area (Å²) in [6.07, 6.45) is 6.53. The summed E-state index contributed by atoms with van der Waals surface area (Å²) in [5.41, 5.74) is 1.43. The second-order valence-electron chi connectivity index (χ2n) is 5.02. The molecule has 2 rings (SSSR count). The van der Waals surface area contributed by atoms with E-state index in [-0.39, 0.29) is 11.9 Å². The summed E-state index contributed by atoms with van der Waals surface area (Å²) < 4.78 is 11.0. The maximum atomic E-state index is 12.0. The highest BCUT2D eigenvalue weighted by atomic mass is 16.5. The number of hydrogen-bond donors (Lipinski definition) is 0. The zero-order valence-corrected chi connectivity index (χ0v) is 12.9. The van der Waals surface area contributed by atoms with E-state index < -0.39 is 0 Å². The van der Waals surface area contributed by atoms with Crippen LogP contribution < -0.4 is 9.47 Å². The molecule has 1 heterocycles. The van der Waals surface area contributed by atoms with E-state index in [9.17, 15) is 4.79 Å². The molecule has 0 fully saturated rings. The topological polar surface area (TPSA) is 48.4 Å². The zero-order chi connectivity index (χ0) is 15.9. The number of rotatable bonds is 6. The minimum atomic E-state index is -0.0884. The first-order valence-electron chi connectivity index (χ1n) is 7.07. The lowest BCUT2D eigenvalue weighted by molar-refractivity contribution is 0.104. The molecule has 114 valence electrons. The fraction of sp³-hybridized carbons (Fsp3) is 0.222. The molecule has 0 atom stereocenters. The minimum absolute atomic E-state index is 0.0717. The summed E-state index contributed by atoms with van der Waals surface area (Å²) in [7, 11) is 1.59. The molecule has 0 bridgehead atoms. The third kappa shape index (κ3) is 4.19. The van der Waals surface area contributed by atoms with Crippen LogP contribution in [0, 0.1) is 0 Å². The Morgan fingerprint density at radius 3 is 2.68 bits per heavy atom. The van der Waals surface area contributed by atoms with Gasteiger partial charge in [-0.3, -0.25) is 9.78 Å². The van der Waals surface area contributed by atoms with E-state index in [1.807, 2.05) is 32.0 Å². The van der Waals surface area contributed by atoms with Gasteiger partial charge in [-0.15, -0.1) is 0 Å². The smallest absolute Gasteiger partial charge is 0.187 e. The lowest BCUT2D eigenvalue weighted by Crippen LogP contribution is -2.06. The highest BCUT2D eigenvalue weighted by molar-refractivity contribution is 6.06. The number of methoxy groups -OCH3 is 1. The maximum Gasteiger partial charge on any atom is 0.187 e. The third-order valence-electron chi connectivity index (χ3n) is 2.92. The summed E-state index contributed by atoms with van der Waals surface area (Å²) in [5.74, 6) is 1.24. The Kier molecular flexibility index (Phi) is 5.31. The molecule has 0 aliphatic rings. The number of benzene rings is 1. The van der Waals surface area contributed by atoms with Crippen LogP contribution >= 0.6 is 0 Å². The van der Waals surface area contributed by atoms with Gasteiger partial charge in [-0.1, -0.05) is 12.1 Å². The van der Waals surface area contributed by atoms with Crippen LogP contribution in [0.25, 0.3) is 6.08 Å². The number of aromatic nitrogens is 1. The molecular weight excluding hydrogens is 278 g/mol. The van der Waals surface area contributed by atoms with Gasteiger partial charge >= 0.3 is 0 Å².